The number of para-hydroxylation sites is 1. The lowest BCUT2D eigenvalue weighted by Crippen LogP contribution is -2.25. The van der Waals surface area contributed by atoms with Crippen LogP contribution >= 0.6 is 0 Å². The van der Waals surface area contributed by atoms with E-state index in [0.29, 0.717) is 11.2 Å². The van der Waals surface area contributed by atoms with Crippen LogP contribution in [0.25, 0.3) is 5.52 Å². The SMILES string of the molecule is O=C(Nc1ccccc1)c1nc(C(=O)NCc2ccc(F)cc2)n2ccccc12. The summed E-state index contributed by atoms with van der Waals surface area (Å²) in [6.45, 7) is 0.215. The van der Waals surface area contributed by atoms with Crippen LogP contribution in [0.4, 0.5) is 10.1 Å². The molecule has 6 nitrogen and oxygen atoms in total. The fourth-order valence-electron chi connectivity index (χ4n) is 2.94. The number of imidazole rings is 1. The molecule has 4 rings (SSSR count). The fraction of sp³-hybridized carbons (Fsp3) is 0.0455. The topological polar surface area (TPSA) is 75.5 Å². The van der Waals surface area contributed by atoms with E-state index in [2.05, 4.69) is 15.6 Å². The van der Waals surface area contributed by atoms with Gasteiger partial charge in [0.25, 0.3) is 11.8 Å². The summed E-state index contributed by atoms with van der Waals surface area (Å²) in [6, 6.07) is 20.1. The summed E-state index contributed by atoms with van der Waals surface area (Å²) >= 11 is 0. The molecule has 7 heteroatoms. The quantitative estimate of drug-likeness (QED) is 0.548. The van der Waals surface area contributed by atoms with E-state index in [4.69, 9.17) is 0 Å². The molecule has 29 heavy (non-hydrogen) atoms. The second-order valence-corrected chi connectivity index (χ2v) is 6.37. The van der Waals surface area contributed by atoms with E-state index in [9.17, 15) is 14.0 Å². The monoisotopic (exact) mass is 388 g/mol. The number of benzene rings is 2. The van der Waals surface area contributed by atoms with Crippen LogP contribution in [0.3, 0.4) is 0 Å². The van der Waals surface area contributed by atoms with Crippen LogP contribution in [0, 0.1) is 5.82 Å². The molecule has 2 heterocycles. The molecule has 0 saturated carbocycles. The van der Waals surface area contributed by atoms with Crippen LogP contribution in [0.15, 0.2) is 79.0 Å². The summed E-state index contributed by atoms with van der Waals surface area (Å²) in [5.74, 6) is -1.08. The number of rotatable bonds is 5. The predicted octanol–water partition coefficient (Wildman–Crippen LogP) is 3.66. The molecule has 2 amide bonds. The maximum atomic E-state index is 13.0. The highest BCUT2D eigenvalue weighted by atomic mass is 19.1. The van der Waals surface area contributed by atoms with Crippen molar-refractivity contribution in [3.05, 3.63) is 102 Å². The second-order valence-electron chi connectivity index (χ2n) is 6.37. The van der Waals surface area contributed by atoms with Crippen LogP contribution in [-0.2, 0) is 6.54 Å². The fourth-order valence-corrected chi connectivity index (χ4v) is 2.94. The first-order valence-electron chi connectivity index (χ1n) is 8.98. The molecule has 2 aromatic heterocycles. The van der Waals surface area contributed by atoms with Crippen molar-refractivity contribution in [3.63, 3.8) is 0 Å². The Labute approximate surface area is 166 Å². The Balaban J connectivity index is 1.59. The van der Waals surface area contributed by atoms with E-state index < -0.39 is 11.8 Å². The Morgan fingerprint density at radius 2 is 1.62 bits per heavy atom. The van der Waals surface area contributed by atoms with Gasteiger partial charge in [0.1, 0.15) is 5.82 Å². The highest BCUT2D eigenvalue weighted by Gasteiger charge is 2.21. The van der Waals surface area contributed by atoms with E-state index >= 15 is 0 Å². The zero-order valence-corrected chi connectivity index (χ0v) is 15.3. The average Bonchev–Trinajstić information content (AvgIpc) is 3.14. The summed E-state index contributed by atoms with van der Waals surface area (Å²) in [5, 5.41) is 5.54. The third-order valence-corrected chi connectivity index (χ3v) is 4.36. The van der Waals surface area contributed by atoms with Gasteiger partial charge < -0.3 is 10.6 Å². The van der Waals surface area contributed by atoms with Crippen LogP contribution < -0.4 is 10.6 Å². The number of amides is 2. The van der Waals surface area contributed by atoms with E-state index in [-0.39, 0.29) is 23.9 Å². The minimum atomic E-state index is -0.436. The first-order valence-corrected chi connectivity index (χ1v) is 8.98. The number of anilines is 1. The number of hydrogen-bond donors (Lipinski definition) is 2. The van der Waals surface area contributed by atoms with Gasteiger partial charge in [-0.1, -0.05) is 36.4 Å². The molecule has 0 aliphatic rings. The molecule has 0 radical (unpaired) electrons. The van der Waals surface area contributed by atoms with E-state index in [1.807, 2.05) is 18.2 Å². The highest BCUT2D eigenvalue weighted by molar-refractivity contribution is 6.08. The molecule has 4 aromatic rings. The number of pyridine rings is 1. The lowest BCUT2D eigenvalue weighted by Gasteiger charge is -2.04. The normalized spacial score (nSPS) is 10.7. The third-order valence-electron chi connectivity index (χ3n) is 4.36. The molecule has 0 saturated heterocycles. The standard InChI is InChI=1S/C22H17FN4O2/c23-16-11-9-15(10-12-16)14-24-22(29)20-26-19(18-8-4-5-13-27(18)20)21(28)25-17-6-2-1-3-7-17/h1-13H,14H2,(H,24,29)(H,25,28). The van der Waals surface area contributed by atoms with E-state index in [1.165, 1.54) is 12.1 Å². The molecule has 0 aliphatic heterocycles. The molecular formula is C22H17FN4O2. The van der Waals surface area contributed by atoms with Crippen molar-refractivity contribution in [2.24, 2.45) is 0 Å². The summed E-state index contributed by atoms with van der Waals surface area (Å²) < 4.78 is 14.6. The van der Waals surface area contributed by atoms with Crippen molar-refractivity contribution >= 4 is 23.0 Å². The van der Waals surface area contributed by atoms with Crippen molar-refractivity contribution < 1.29 is 14.0 Å². The number of aromatic nitrogens is 2. The van der Waals surface area contributed by atoms with Gasteiger partial charge in [-0.3, -0.25) is 14.0 Å². The Kier molecular flexibility index (Phi) is 5.03. The van der Waals surface area contributed by atoms with Gasteiger partial charge in [-0.2, -0.15) is 0 Å². The third kappa shape index (κ3) is 3.98. The first-order chi connectivity index (χ1) is 14.1. The van der Waals surface area contributed by atoms with Crippen LogP contribution in [0.2, 0.25) is 0 Å². The predicted molar refractivity (Wildman–Crippen MR) is 107 cm³/mol. The van der Waals surface area contributed by atoms with Crippen molar-refractivity contribution in [2.45, 2.75) is 6.54 Å². The van der Waals surface area contributed by atoms with Gasteiger partial charge in [0, 0.05) is 18.4 Å². The van der Waals surface area contributed by atoms with Gasteiger partial charge >= 0.3 is 0 Å². The maximum Gasteiger partial charge on any atom is 0.287 e. The number of hydrogen-bond acceptors (Lipinski definition) is 3. The molecule has 0 unspecified atom stereocenters. The van der Waals surface area contributed by atoms with Crippen LogP contribution in [-0.4, -0.2) is 21.2 Å². The molecule has 2 aromatic carbocycles. The average molecular weight is 388 g/mol. The lowest BCUT2D eigenvalue weighted by molar-refractivity contribution is 0.0940. The number of nitrogens with one attached hydrogen (secondary N) is 2. The summed E-state index contributed by atoms with van der Waals surface area (Å²) in [4.78, 5) is 29.7. The Hall–Kier alpha value is -4.00. The number of nitrogens with zero attached hydrogens (tertiary/aromatic N) is 2. The second kappa shape index (κ2) is 7.93. The van der Waals surface area contributed by atoms with Crippen molar-refractivity contribution in [3.8, 4) is 0 Å². The Morgan fingerprint density at radius 1 is 0.897 bits per heavy atom. The molecule has 0 bridgehead atoms. The van der Waals surface area contributed by atoms with Gasteiger partial charge in [-0.05, 0) is 42.0 Å². The molecule has 0 atom stereocenters. The number of carbonyl (C=O) groups is 2. The van der Waals surface area contributed by atoms with Gasteiger partial charge in [-0.15, -0.1) is 0 Å². The smallest absolute Gasteiger partial charge is 0.287 e. The van der Waals surface area contributed by atoms with Gasteiger partial charge in [0.15, 0.2) is 5.69 Å². The van der Waals surface area contributed by atoms with Crippen molar-refractivity contribution in [1.29, 1.82) is 0 Å². The zero-order valence-electron chi connectivity index (χ0n) is 15.3. The molecule has 0 fully saturated rings. The van der Waals surface area contributed by atoms with Crippen LogP contribution in [0.1, 0.15) is 26.7 Å². The van der Waals surface area contributed by atoms with Gasteiger partial charge in [-0.25, -0.2) is 9.37 Å². The first kappa shape index (κ1) is 18.4. The largest absolute Gasteiger partial charge is 0.345 e. The van der Waals surface area contributed by atoms with Gasteiger partial charge in [0.05, 0.1) is 5.52 Å². The maximum absolute atomic E-state index is 13.0. The van der Waals surface area contributed by atoms with E-state index in [1.54, 1.807) is 53.1 Å². The number of fused-ring (bicyclic) bond motifs is 1. The minimum absolute atomic E-state index is 0.0981. The Morgan fingerprint density at radius 3 is 2.38 bits per heavy atom. The minimum Gasteiger partial charge on any atom is -0.345 e. The number of carbonyl (C=O) groups excluding carboxylic acids is 2. The Bertz CT molecular complexity index is 1170. The molecule has 0 aliphatic carbocycles. The molecule has 2 N–H and O–H groups in total. The molecule has 0 spiro atoms. The van der Waals surface area contributed by atoms with Crippen molar-refractivity contribution in [1.82, 2.24) is 14.7 Å². The highest BCUT2D eigenvalue weighted by Crippen LogP contribution is 2.16. The summed E-state index contributed by atoms with van der Waals surface area (Å²) in [7, 11) is 0. The van der Waals surface area contributed by atoms with Crippen molar-refractivity contribution in [2.75, 3.05) is 5.32 Å². The summed E-state index contributed by atoms with van der Waals surface area (Å²) in [5.41, 5.74) is 2.06. The summed E-state index contributed by atoms with van der Waals surface area (Å²) in [6.07, 6.45) is 1.68. The van der Waals surface area contributed by atoms with Gasteiger partial charge in [0.2, 0.25) is 5.82 Å². The lowest BCUT2D eigenvalue weighted by atomic mass is 10.2. The molecule has 144 valence electrons. The zero-order chi connectivity index (χ0) is 20.2. The molecular weight excluding hydrogens is 371 g/mol. The van der Waals surface area contributed by atoms with Crippen LogP contribution in [0.5, 0.6) is 0 Å². The van der Waals surface area contributed by atoms with E-state index in [0.717, 1.165) is 5.56 Å². The number of halogens is 1.